The highest BCUT2D eigenvalue weighted by Gasteiger charge is 2.39. The first-order valence-corrected chi connectivity index (χ1v) is 8.80. The number of methoxy groups -OCH3 is 1. The molecule has 1 heterocycles. The lowest BCUT2D eigenvalue weighted by Crippen LogP contribution is -2.27. The zero-order valence-electron chi connectivity index (χ0n) is 15.7. The molecule has 4 heteroatoms. The second-order valence-corrected chi connectivity index (χ2v) is 6.66. The molecule has 4 nitrogen and oxygen atoms in total. The third-order valence-corrected chi connectivity index (χ3v) is 4.91. The van der Waals surface area contributed by atoms with Crippen LogP contribution in [0.4, 0.5) is 0 Å². The monoisotopic (exact) mass is 351 g/mol. The Morgan fingerprint density at radius 1 is 1.19 bits per heavy atom. The first kappa shape index (κ1) is 18.4. The second-order valence-electron chi connectivity index (χ2n) is 6.66. The van der Waals surface area contributed by atoms with Gasteiger partial charge in [0.05, 0.1) is 7.11 Å². The van der Waals surface area contributed by atoms with Crippen molar-refractivity contribution in [3.05, 3.63) is 71.3 Å². The molecular weight excluding hydrogens is 326 g/mol. The molecule has 2 aromatic rings. The number of ether oxygens (including phenoxy) is 2. The number of hydrogen-bond acceptors (Lipinski definition) is 4. The summed E-state index contributed by atoms with van der Waals surface area (Å²) in [6.07, 6.45) is 3.20. The lowest BCUT2D eigenvalue weighted by molar-refractivity contribution is -0.112. The molecule has 3 atom stereocenters. The fourth-order valence-corrected chi connectivity index (χ4v) is 3.32. The molecule has 0 aliphatic carbocycles. The van der Waals surface area contributed by atoms with Gasteiger partial charge in [-0.3, -0.25) is 9.69 Å². The van der Waals surface area contributed by atoms with Crippen LogP contribution in [0.2, 0.25) is 0 Å². The molecule has 0 bridgehead atoms. The van der Waals surface area contributed by atoms with Gasteiger partial charge in [0.15, 0.2) is 5.78 Å². The summed E-state index contributed by atoms with van der Waals surface area (Å²) in [6, 6.07) is 16.3. The van der Waals surface area contributed by atoms with Crippen LogP contribution in [0.5, 0.6) is 5.75 Å². The number of allylic oxidation sites excluding steroid dienone is 1. The third-order valence-electron chi connectivity index (χ3n) is 4.91. The number of carbonyl (C=O) groups excluding carboxylic acids is 1. The van der Waals surface area contributed by atoms with Crippen LogP contribution in [0, 0.1) is 0 Å². The lowest BCUT2D eigenvalue weighted by Gasteiger charge is -2.23. The molecule has 136 valence electrons. The van der Waals surface area contributed by atoms with Gasteiger partial charge in [-0.15, -0.1) is 0 Å². The van der Waals surface area contributed by atoms with Crippen molar-refractivity contribution in [1.29, 1.82) is 0 Å². The lowest BCUT2D eigenvalue weighted by atomic mass is 10.0. The third kappa shape index (κ3) is 3.71. The van der Waals surface area contributed by atoms with Crippen molar-refractivity contribution in [3.63, 3.8) is 0 Å². The van der Waals surface area contributed by atoms with E-state index in [-0.39, 0.29) is 24.2 Å². The van der Waals surface area contributed by atoms with E-state index in [1.165, 1.54) is 0 Å². The van der Waals surface area contributed by atoms with E-state index in [9.17, 15) is 4.79 Å². The fourth-order valence-electron chi connectivity index (χ4n) is 3.32. The van der Waals surface area contributed by atoms with Gasteiger partial charge >= 0.3 is 0 Å². The molecule has 1 fully saturated rings. The molecule has 0 saturated carbocycles. The Hall–Kier alpha value is -2.43. The van der Waals surface area contributed by atoms with Gasteiger partial charge in [0.2, 0.25) is 0 Å². The standard InChI is InChI=1S/C22H25NO3/c1-15(24)10-11-17-12-13-19(25-4)14-20(17)22-23(3)16(2)21(26-22)18-8-6-5-7-9-18/h5-14,16,21-22H,1-4H3/b11-10+. The van der Waals surface area contributed by atoms with Gasteiger partial charge in [0.1, 0.15) is 18.1 Å². The van der Waals surface area contributed by atoms with E-state index in [2.05, 4.69) is 31.0 Å². The zero-order chi connectivity index (χ0) is 18.7. The smallest absolute Gasteiger partial charge is 0.152 e. The predicted molar refractivity (Wildman–Crippen MR) is 103 cm³/mol. The minimum Gasteiger partial charge on any atom is -0.497 e. The highest BCUT2D eigenvalue weighted by Crippen LogP contribution is 2.43. The van der Waals surface area contributed by atoms with Gasteiger partial charge in [-0.25, -0.2) is 0 Å². The van der Waals surface area contributed by atoms with Crippen molar-refractivity contribution < 1.29 is 14.3 Å². The summed E-state index contributed by atoms with van der Waals surface area (Å²) in [7, 11) is 3.72. The zero-order valence-corrected chi connectivity index (χ0v) is 15.7. The number of hydrogen-bond donors (Lipinski definition) is 0. The van der Waals surface area contributed by atoms with Crippen LogP contribution >= 0.6 is 0 Å². The molecule has 0 N–H and O–H groups in total. The molecular formula is C22H25NO3. The van der Waals surface area contributed by atoms with Crippen LogP contribution in [-0.2, 0) is 9.53 Å². The summed E-state index contributed by atoms with van der Waals surface area (Å²) in [5.41, 5.74) is 3.12. The van der Waals surface area contributed by atoms with Gasteiger partial charge in [0, 0.05) is 11.6 Å². The van der Waals surface area contributed by atoms with Crippen LogP contribution in [0.3, 0.4) is 0 Å². The molecule has 0 spiro atoms. The van der Waals surface area contributed by atoms with Crippen LogP contribution < -0.4 is 4.74 Å². The molecule has 0 amide bonds. The first-order valence-electron chi connectivity index (χ1n) is 8.80. The van der Waals surface area contributed by atoms with Crippen molar-refractivity contribution in [1.82, 2.24) is 4.90 Å². The SMILES string of the molecule is COc1ccc(/C=C/C(C)=O)c(C2OC(c3ccccc3)C(C)N2C)c1. The summed E-state index contributed by atoms with van der Waals surface area (Å²) >= 11 is 0. The summed E-state index contributed by atoms with van der Waals surface area (Å²) in [5, 5.41) is 0. The van der Waals surface area contributed by atoms with Gasteiger partial charge in [0.25, 0.3) is 0 Å². The molecule has 3 unspecified atom stereocenters. The number of carbonyl (C=O) groups is 1. The maximum Gasteiger partial charge on any atom is 0.152 e. The summed E-state index contributed by atoms with van der Waals surface area (Å²) in [6.45, 7) is 3.72. The van der Waals surface area contributed by atoms with Crippen LogP contribution in [0.25, 0.3) is 6.08 Å². The molecule has 2 aromatic carbocycles. The van der Waals surface area contributed by atoms with E-state index >= 15 is 0 Å². The maximum absolute atomic E-state index is 11.4. The average Bonchev–Trinajstić information content (AvgIpc) is 2.95. The van der Waals surface area contributed by atoms with Gasteiger partial charge in [-0.05, 0) is 50.2 Å². The summed E-state index contributed by atoms with van der Waals surface area (Å²) in [4.78, 5) is 13.6. The number of rotatable bonds is 5. The Bertz CT molecular complexity index is 800. The van der Waals surface area contributed by atoms with E-state index in [0.29, 0.717) is 0 Å². The number of ketones is 1. The highest BCUT2D eigenvalue weighted by atomic mass is 16.5. The van der Waals surface area contributed by atoms with Crippen molar-refractivity contribution in [2.45, 2.75) is 32.2 Å². The second kappa shape index (κ2) is 7.85. The Morgan fingerprint density at radius 3 is 2.58 bits per heavy atom. The normalized spacial score (nSPS) is 23.5. The van der Waals surface area contributed by atoms with E-state index in [1.54, 1.807) is 20.1 Å². The number of nitrogens with zero attached hydrogens (tertiary/aromatic N) is 1. The van der Waals surface area contributed by atoms with Crippen molar-refractivity contribution >= 4 is 11.9 Å². The maximum atomic E-state index is 11.4. The van der Waals surface area contributed by atoms with Crippen LogP contribution in [0.1, 0.15) is 42.9 Å². The first-order chi connectivity index (χ1) is 12.5. The van der Waals surface area contributed by atoms with E-state index in [0.717, 1.165) is 22.4 Å². The van der Waals surface area contributed by atoms with E-state index in [4.69, 9.17) is 9.47 Å². The quantitative estimate of drug-likeness (QED) is 0.749. The molecule has 3 rings (SSSR count). The molecule has 1 aliphatic heterocycles. The predicted octanol–water partition coefficient (Wildman–Crippen LogP) is 4.39. The van der Waals surface area contributed by atoms with E-state index < -0.39 is 0 Å². The summed E-state index contributed by atoms with van der Waals surface area (Å²) < 4.78 is 11.9. The van der Waals surface area contributed by atoms with Crippen LogP contribution in [-0.4, -0.2) is 30.9 Å². The van der Waals surface area contributed by atoms with Crippen LogP contribution in [0.15, 0.2) is 54.6 Å². The topological polar surface area (TPSA) is 38.8 Å². The molecule has 1 aliphatic rings. The summed E-state index contributed by atoms with van der Waals surface area (Å²) in [5.74, 6) is 0.788. The fraction of sp³-hybridized carbons (Fsp3) is 0.318. The van der Waals surface area contributed by atoms with Gasteiger partial charge in [-0.1, -0.05) is 42.5 Å². The van der Waals surface area contributed by atoms with Gasteiger partial charge < -0.3 is 9.47 Å². The Kier molecular flexibility index (Phi) is 5.55. The molecule has 0 radical (unpaired) electrons. The highest BCUT2D eigenvalue weighted by molar-refractivity contribution is 5.91. The molecule has 0 aromatic heterocycles. The van der Waals surface area contributed by atoms with Crippen molar-refractivity contribution in [2.24, 2.45) is 0 Å². The average molecular weight is 351 g/mol. The Morgan fingerprint density at radius 2 is 1.92 bits per heavy atom. The van der Waals surface area contributed by atoms with Crippen molar-refractivity contribution in [3.8, 4) is 5.75 Å². The number of likely N-dealkylation sites (N-methyl/N-ethyl adjacent to an activating group) is 1. The Labute approximate surface area is 155 Å². The van der Waals surface area contributed by atoms with Crippen molar-refractivity contribution in [2.75, 3.05) is 14.2 Å². The molecule has 26 heavy (non-hydrogen) atoms. The van der Waals surface area contributed by atoms with Gasteiger partial charge in [-0.2, -0.15) is 0 Å². The molecule has 1 saturated heterocycles. The minimum absolute atomic E-state index is 0.0120. The largest absolute Gasteiger partial charge is 0.497 e. The number of benzene rings is 2. The Balaban J connectivity index is 1.98. The minimum atomic E-state index is -0.211. The van der Waals surface area contributed by atoms with E-state index in [1.807, 2.05) is 42.5 Å².